The molecule has 0 bridgehead atoms. The zero-order valence-corrected chi connectivity index (χ0v) is 10.9. The molecule has 0 aliphatic heterocycles. The summed E-state index contributed by atoms with van der Waals surface area (Å²) in [6, 6.07) is 0. The molecule has 3 N–H and O–H groups in total. The number of nitrogens with one attached hydrogen (secondary N) is 1. The predicted molar refractivity (Wildman–Crippen MR) is 64.3 cm³/mol. The molecule has 0 radical (unpaired) electrons. The molecule has 6 nitrogen and oxygen atoms in total. The van der Waals surface area contributed by atoms with Crippen LogP contribution in [0.3, 0.4) is 0 Å². The lowest BCUT2D eigenvalue weighted by Crippen LogP contribution is -2.39. The number of nitrogens with two attached hydrogens (primary N) is 1. The Morgan fingerprint density at radius 2 is 2.06 bits per heavy atom. The summed E-state index contributed by atoms with van der Waals surface area (Å²) in [5, 5.41) is 0. The van der Waals surface area contributed by atoms with Crippen molar-refractivity contribution in [2.45, 2.75) is 19.8 Å². The van der Waals surface area contributed by atoms with Gasteiger partial charge in [0.2, 0.25) is 0 Å². The Balaban J connectivity index is 3.77. The van der Waals surface area contributed by atoms with Gasteiger partial charge in [0.1, 0.15) is 0 Å². The molecule has 7 heteroatoms. The van der Waals surface area contributed by atoms with Crippen molar-refractivity contribution in [3.05, 3.63) is 0 Å². The van der Waals surface area contributed by atoms with Gasteiger partial charge in [-0.25, -0.2) is 4.72 Å². The van der Waals surface area contributed by atoms with Crippen molar-refractivity contribution in [2.75, 3.05) is 39.9 Å². The zero-order chi connectivity index (χ0) is 12.4. The van der Waals surface area contributed by atoms with Crippen molar-refractivity contribution >= 4 is 10.2 Å². The van der Waals surface area contributed by atoms with Crippen LogP contribution in [-0.4, -0.2) is 52.6 Å². The molecule has 0 aliphatic carbocycles. The minimum atomic E-state index is -3.35. The largest absolute Gasteiger partial charge is 0.382 e. The summed E-state index contributed by atoms with van der Waals surface area (Å²) in [5.41, 5.74) is 5.32. The second kappa shape index (κ2) is 8.89. The molecule has 0 spiro atoms. The van der Waals surface area contributed by atoms with E-state index in [0.29, 0.717) is 45.7 Å². The van der Waals surface area contributed by atoms with E-state index in [1.165, 1.54) is 4.31 Å². The minimum absolute atomic E-state index is 0.398. The number of hydrogen-bond donors (Lipinski definition) is 2. The molecule has 0 atom stereocenters. The summed E-state index contributed by atoms with van der Waals surface area (Å²) in [6.07, 6.45) is 1.34. The fraction of sp³-hybridized carbons (Fsp3) is 1.00. The smallest absolute Gasteiger partial charge is 0.279 e. The first kappa shape index (κ1) is 15.8. The van der Waals surface area contributed by atoms with Crippen LogP contribution in [0.1, 0.15) is 19.8 Å². The first-order chi connectivity index (χ1) is 7.54. The molecular weight excluding hydrogens is 230 g/mol. The molecule has 0 saturated carbocycles. The molecule has 98 valence electrons. The van der Waals surface area contributed by atoms with Crippen LogP contribution in [0.15, 0.2) is 0 Å². The lowest BCUT2D eigenvalue weighted by atomic mass is 10.4. The Kier molecular flexibility index (Phi) is 8.77. The van der Waals surface area contributed by atoms with Crippen LogP contribution < -0.4 is 10.5 Å². The van der Waals surface area contributed by atoms with Crippen molar-refractivity contribution in [2.24, 2.45) is 5.73 Å². The third-order valence-electron chi connectivity index (χ3n) is 2.04. The van der Waals surface area contributed by atoms with Crippen molar-refractivity contribution in [1.82, 2.24) is 9.03 Å². The van der Waals surface area contributed by atoms with Crippen LogP contribution in [-0.2, 0) is 14.9 Å². The maximum absolute atomic E-state index is 11.6. The summed E-state index contributed by atoms with van der Waals surface area (Å²) in [4.78, 5) is 0. The fourth-order valence-corrected chi connectivity index (χ4v) is 2.06. The summed E-state index contributed by atoms with van der Waals surface area (Å²) >= 11 is 0. The van der Waals surface area contributed by atoms with Crippen LogP contribution in [0.4, 0.5) is 0 Å². The van der Waals surface area contributed by atoms with Gasteiger partial charge < -0.3 is 10.5 Å². The van der Waals surface area contributed by atoms with Crippen LogP contribution in [0.25, 0.3) is 0 Å². The Morgan fingerprint density at radius 3 is 2.62 bits per heavy atom. The van der Waals surface area contributed by atoms with E-state index < -0.39 is 10.2 Å². The summed E-state index contributed by atoms with van der Waals surface area (Å²) in [6.45, 7) is 4.47. The fourth-order valence-electron chi connectivity index (χ4n) is 1.06. The Labute approximate surface area is 98.3 Å². The average Bonchev–Trinajstić information content (AvgIpc) is 2.25. The van der Waals surface area contributed by atoms with E-state index in [1.807, 2.05) is 6.92 Å². The first-order valence-electron chi connectivity index (χ1n) is 5.53. The van der Waals surface area contributed by atoms with Gasteiger partial charge in [0.15, 0.2) is 0 Å². The minimum Gasteiger partial charge on any atom is -0.382 e. The quantitative estimate of drug-likeness (QED) is 0.515. The third kappa shape index (κ3) is 7.13. The topological polar surface area (TPSA) is 84.7 Å². The van der Waals surface area contributed by atoms with Crippen LogP contribution in [0.5, 0.6) is 0 Å². The molecule has 0 unspecified atom stereocenters. The van der Waals surface area contributed by atoms with Crippen molar-refractivity contribution in [3.8, 4) is 0 Å². The van der Waals surface area contributed by atoms with Gasteiger partial charge >= 0.3 is 0 Å². The average molecular weight is 253 g/mol. The van der Waals surface area contributed by atoms with Crippen LogP contribution >= 0.6 is 0 Å². The number of ether oxygens (including phenoxy) is 1. The van der Waals surface area contributed by atoms with Gasteiger partial charge in [-0.3, -0.25) is 0 Å². The highest BCUT2D eigenvalue weighted by molar-refractivity contribution is 7.87. The van der Waals surface area contributed by atoms with Crippen LogP contribution in [0, 0.1) is 0 Å². The number of rotatable bonds is 10. The highest BCUT2D eigenvalue weighted by Crippen LogP contribution is 1.95. The molecule has 16 heavy (non-hydrogen) atoms. The maximum Gasteiger partial charge on any atom is 0.279 e. The summed E-state index contributed by atoms with van der Waals surface area (Å²) < 4.78 is 32.1. The number of hydrogen-bond acceptors (Lipinski definition) is 4. The zero-order valence-electron chi connectivity index (χ0n) is 10.1. The molecule has 0 rings (SSSR count). The molecule has 0 aromatic rings. The molecular formula is C9H23N3O3S. The van der Waals surface area contributed by atoms with Crippen molar-refractivity contribution < 1.29 is 13.2 Å². The van der Waals surface area contributed by atoms with Gasteiger partial charge in [-0.05, 0) is 26.3 Å². The van der Waals surface area contributed by atoms with Gasteiger partial charge in [0.05, 0.1) is 0 Å². The van der Waals surface area contributed by atoms with E-state index in [9.17, 15) is 8.42 Å². The monoisotopic (exact) mass is 253 g/mol. The lowest BCUT2D eigenvalue weighted by molar-refractivity contribution is 0.146. The normalized spacial score (nSPS) is 12.2. The van der Waals surface area contributed by atoms with Gasteiger partial charge in [-0.15, -0.1) is 0 Å². The maximum atomic E-state index is 11.6. The Morgan fingerprint density at radius 1 is 1.38 bits per heavy atom. The highest BCUT2D eigenvalue weighted by Gasteiger charge is 2.15. The third-order valence-corrected chi connectivity index (χ3v) is 3.61. The van der Waals surface area contributed by atoms with Gasteiger partial charge in [-0.1, -0.05) is 0 Å². The van der Waals surface area contributed by atoms with E-state index >= 15 is 0 Å². The first-order valence-corrected chi connectivity index (χ1v) is 6.97. The number of nitrogens with zero attached hydrogens (tertiary/aromatic N) is 1. The molecule has 0 amide bonds. The van der Waals surface area contributed by atoms with Crippen molar-refractivity contribution in [1.29, 1.82) is 0 Å². The molecule has 0 aromatic heterocycles. The molecule has 0 aliphatic rings. The van der Waals surface area contributed by atoms with Gasteiger partial charge in [0.25, 0.3) is 10.2 Å². The van der Waals surface area contributed by atoms with Gasteiger partial charge in [-0.2, -0.15) is 12.7 Å². The van der Waals surface area contributed by atoms with E-state index in [2.05, 4.69) is 4.72 Å². The Hall–Kier alpha value is -0.210. The SMILES string of the molecule is CCOCCCNS(=O)(=O)N(C)CCCN. The molecule has 0 fully saturated rings. The molecule has 0 aromatic carbocycles. The van der Waals surface area contributed by atoms with E-state index in [-0.39, 0.29) is 0 Å². The Bertz CT molecular complexity index is 257. The summed E-state index contributed by atoms with van der Waals surface area (Å²) in [5.74, 6) is 0. The lowest BCUT2D eigenvalue weighted by Gasteiger charge is -2.17. The summed E-state index contributed by atoms with van der Waals surface area (Å²) in [7, 11) is -1.81. The van der Waals surface area contributed by atoms with Crippen LogP contribution in [0.2, 0.25) is 0 Å². The van der Waals surface area contributed by atoms with E-state index in [1.54, 1.807) is 7.05 Å². The highest BCUT2D eigenvalue weighted by atomic mass is 32.2. The second-order valence-electron chi connectivity index (χ2n) is 3.41. The second-order valence-corrected chi connectivity index (χ2v) is 5.28. The predicted octanol–water partition coefficient (Wildman–Crippen LogP) is -0.472. The molecule has 0 saturated heterocycles. The van der Waals surface area contributed by atoms with Crippen molar-refractivity contribution in [3.63, 3.8) is 0 Å². The van der Waals surface area contributed by atoms with E-state index in [0.717, 1.165) is 0 Å². The van der Waals surface area contributed by atoms with Gasteiger partial charge in [0, 0.05) is 33.4 Å². The van der Waals surface area contributed by atoms with E-state index in [4.69, 9.17) is 10.5 Å². The molecule has 0 heterocycles. The standard InChI is InChI=1S/C9H23N3O3S/c1-3-15-9-5-7-11-16(13,14)12(2)8-4-6-10/h11H,3-10H2,1-2H3.